The minimum absolute atomic E-state index is 0.0457. The average molecular weight is 1120 g/mol. The molecule has 0 amide bonds. The Balaban J connectivity index is 2.67. The number of carboxylic acid groups (broad SMARTS) is 1. The third kappa shape index (κ3) is 45.0. The average Bonchev–Trinajstić information content (AvgIpc) is 3.46. The van der Waals surface area contributed by atoms with Gasteiger partial charge in [0.15, 0.2) is 24.6 Å². The molecular formula is C67H118O12. The van der Waals surface area contributed by atoms with E-state index in [0.29, 0.717) is 19.3 Å². The van der Waals surface area contributed by atoms with Crippen LogP contribution < -0.4 is 0 Å². The van der Waals surface area contributed by atoms with Crippen LogP contribution in [0, 0.1) is 0 Å². The minimum Gasteiger partial charge on any atom is -0.479 e. The van der Waals surface area contributed by atoms with Crippen LogP contribution in [0.5, 0.6) is 0 Å². The van der Waals surface area contributed by atoms with Crippen LogP contribution in [-0.2, 0) is 42.9 Å². The highest BCUT2D eigenvalue weighted by Gasteiger charge is 2.50. The van der Waals surface area contributed by atoms with Gasteiger partial charge in [-0.15, -0.1) is 0 Å². The highest BCUT2D eigenvalue weighted by molar-refractivity contribution is 5.74. The molecule has 3 N–H and O–H groups in total. The van der Waals surface area contributed by atoms with Crippen LogP contribution >= 0.6 is 0 Å². The number of aliphatic carboxylic acids is 1. The largest absolute Gasteiger partial charge is 0.479 e. The van der Waals surface area contributed by atoms with Gasteiger partial charge in [0.25, 0.3) is 0 Å². The summed E-state index contributed by atoms with van der Waals surface area (Å²) in [6.45, 7) is 5.97. The standard InChI is InChI=1S/C67H118O12/c1-4-7-10-13-16-19-22-25-28-30-33-35-38-41-44-47-50-53-59(68)75-56-58(77-60(69)54-51-48-45-42-39-37-34-31-29-26-23-20-17-14-11-8-5-2)57-76-67-65(63(72)62(71)64(79-67)66(73)74)78-61(70)55-52-49-46-43-40-36-32-27-24-21-18-15-12-9-6-3/h16,18-19,21,25,27-28,32,58,62-65,67,71-72H,4-15,17,20,22-24,26,29-31,33-57H2,1-3H3,(H,73,74)/b19-16-,21-18-,28-25-,32-27-. The van der Waals surface area contributed by atoms with Crippen molar-refractivity contribution >= 4 is 23.9 Å². The summed E-state index contributed by atoms with van der Waals surface area (Å²) >= 11 is 0. The summed E-state index contributed by atoms with van der Waals surface area (Å²) in [5.41, 5.74) is 0. The third-order valence-electron chi connectivity index (χ3n) is 14.9. The van der Waals surface area contributed by atoms with Gasteiger partial charge in [-0.25, -0.2) is 4.79 Å². The molecule has 0 saturated carbocycles. The van der Waals surface area contributed by atoms with Crippen LogP contribution in [0.15, 0.2) is 48.6 Å². The third-order valence-corrected chi connectivity index (χ3v) is 14.9. The summed E-state index contributed by atoms with van der Waals surface area (Å²) in [6.07, 6.45) is 54.9. The predicted octanol–water partition coefficient (Wildman–Crippen LogP) is 17.3. The van der Waals surface area contributed by atoms with E-state index in [4.69, 9.17) is 23.7 Å². The molecule has 12 nitrogen and oxygen atoms in total. The molecule has 0 aliphatic carbocycles. The molecule has 0 aromatic rings. The zero-order chi connectivity index (χ0) is 57.5. The van der Waals surface area contributed by atoms with E-state index >= 15 is 0 Å². The van der Waals surface area contributed by atoms with Crippen LogP contribution in [-0.4, -0.2) is 89.2 Å². The van der Waals surface area contributed by atoms with Crippen molar-refractivity contribution in [3.05, 3.63) is 48.6 Å². The second kappa shape index (κ2) is 55.2. The van der Waals surface area contributed by atoms with Crippen molar-refractivity contribution in [2.45, 2.75) is 340 Å². The molecular weight excluding hydrogens is 997 g/mol. The van der Waals surface area contributed by atoms with Crippen LogP contribution in [0.25, 0.3) is 0 Å². The molecule has 0 bridgehead atoms. The lowest BCUT2D eigenvalue weighted by atomic mass is 9.98. The van der Waals surface area contributed by atoms with Gasteiger partial charge in [-0.1, -0.05) is 249 Å². The number of hydrogen-bond acceptors (Lipinski definition) is 11. The summed E-state index contributed by atoms with van der Waals surface area (Å²) in [5, 5.41) is 31.6. The van der Waals surface area contributed by atoms with Crippen LogP contribution in [0.1, 0.15) is 303 Å². The normalized spacial score (nSPS) is 18.1. The van der Waals surface area contributed by atoms with Gasteiger partial charge in [0.2, 0.25) is 0 Å². The Morgan fingerprint density at radius 1 is 0.418 bits per heavy atom. The molecule has 79 heavy (non-hydrogen) atoms. The molecule has 6 atom stereocenters. The van der Waals surface area contributed by atoms with E-state index in [9.17, 15) is 34.5 Å². The first-order valence-electron chi connectivity index (χ1n) is 32.6. The number of allylic oxidation sites excluding steroid dienone is 8. The van der Waals surface area contributed by atoms with E-state index in [1.807, 2.05) is 0 Å². The Bertz CT molecular complexity index is 1560. The van der Waals surface area contributed by atoms with Crippen molar-refractivity contribution in [2.24, 2.45) is 0 Å². The molecule has 0 aromatic carbocycles. The zero-order valence-corrected chi connectivity index (χ0v) is 50.6. The molecule has 1 aliphatic heterocycles. The topological polar surface area (TPSA) is 175 Å². The Morgan fingerprint density at radius 2 is 0.759 bits per heavy atom. The summed E-state index contributed by atoms with van der Waals surface area (Å²) in [4.78, 5) is 51.3. The van der Waals surface area contributed by atoms with Gasteiger partial charge in [0.05, 0.1) is 6.61 Å². The fourth-order valence-electron chi connectivity index (χ4n) is 9.84. The molecule has 0 spiro atoms. The van der Waals surface area contributed by atoms with Crippen molar-refractivity contribution in [3.63, 3.8) is 0 Å². The monoisotopic (exact) mass is 1110 g/mol. The number of aliphatic hydroxyl groups is 2. The Hall–Kier alpha value is -3.32. The van der Waals surface area contributed by atoms with E-state index < -0.39 is 67.3 Å². The summed E-state index contributed by atoms with van der Waals surface area (Å²) < 4.78 is 28.5. The van der Waals surface area contributed by atoms with Gasteiger partial charge in [-0.05, 0) is 83.5 Å². The number of ether oxygens (including phenoxy) is 5. The fourth-order valence-corrected chi connectivity index (χ4v) is 9.84. The number of carbonyl (C=O) groups is 4. The van der Waals surface area contributed by atoms with Crippen molar-refractivity contribution < 1.29 is 58.2 Å². The van der Waals surface area contributed by atoms with Gasteiger partial charge in [0, 0.05) is 19.3 Å². The maximum absolute atomic E-state index is 13.2. The Morgan fingerprint density at radius 3 is 1.16 bits per heavy atom. The second-order valence-corrected chi connectivity index (χ2v) is 22.4. The Labute approximate surface area is 482 Å². The molecule has 1 heterocycles. The number of unbranched alkanes of at least 4 members (excludes halogenated alkanes) is 34. The van der Waals surface area contributed by atoms with E-state index in [1.165, 1.54) is 141 Å². The van der Waals surface area contributed by atoms with Gasteiger partial charge < -0.3 is 39.0 Å². The van der Waals surface area contributed by atoms with Crippen LogP contribution in [0.3, 0.4) is 0 Å². The molecule has 1 aliphatic rings. The smallest absolute Gasteiger partial charge is 0.335 e. The lowest BCUT2D eigenvalue weighted by Gasteiger charge is -2.40. The molecule has 12 heteroatoms. The number of carboxylic acids is 1. The molecule has 0 radical (unpaired) electrons. The van der Waals surface area contributed by atoms with Crippen LogP contribution in [0.4, 0.5) is 0 Å². The van der Waals surface area contributed by atoms with E-state index in [-0.39, 0.29) is 25.9 Å². The number of aliphatic hydroxyl groups excluding tert-OH is 2. The van der Waals surface area contributed by atoms with Crippen molar-refractivity contribution in [2.75, 3.05) is 13.2 Å². The molecule has 0 aromatic heterocycles. The maximum Gasteiger partial charge on any atom is 0.335 e. The van der Waals surface area contributed by atoms with E-state index in [1.54, 1.807) is 0 Å². The van der Waals surface area contributed by atoms with Crippen molar-refractivity contribution in [3.8, 4) is 0 Å². The highest BCUT2D eigenvalue weighted by atomic mass is 16.7. The van der Waals surface area contributed by atoms with Gasteiger partial charge in [0.1, 0.15) is 18.8 Å². The first-order valence-corrected chi connectivity index (χ1v) is 32.6. The van der Waals surface area contributed by atoms with Gasteiger partial charge in [-0.3, -0.25) is 14.4 Å². The van der Waals surface area contributed by atoms with Crippen LogP contribution in [0.2, 0.25) is 0 Å². The number of carbonyl (C=O) groups excluding carboxylic acids is 3. The Kier molecular flexibility index (Phi) is 51.5. The summed E-state index contributed by atoms with van der Waals surface area (Å²) in [7, 11) is 0. The SMILES string of the molecule is CCCCC/C=C\C/C=C\CCCCCCCCCC(=O)OCC(COC1OC(C(=O)O)C(O)C(O)C1OC(=O)CCCCCCC/C=C\C/C=C\CCCCC)OC(=O)CCCCCCCCCCCCCCCCCCC. The first-order chi connectivity index (χ1) is 38.6. The van der Waals surface area contributed by atoms with Gasteiger partial charge in [-0.2, -0.15) is 0 Å². The van der Waals surface area contributed by atoms with Gasteiger partial charge >= 0.3 is 23.9 Å². The maximum atomic E-state index is 13.2. The van der Waals surface area contributed by atoms with Crippen molar-refractivity contribution in [1.29, 1.82) is 0 Å². The second-order valence-electron chi connectivity index (χ2n) is 22.4. The summed E-state index contributed by atoms with van der Waals surface area (Å²) in [6, 6.07) is 0. The molecule has 1 rings (SSSR count). The molecule has 1 fully saturated rings. The predicted molar refractivity (Wildman–Crippen MR) is 322 cm³/mol. The molecule has 1 saturated heterocycles. The lowest BCUT2D eigenvalue weighted by molar-refractivity contribution is -0.301. The zero-order valence-electron chi connectivity index (χ0n) is 50.6. The fraction of sp³-hybridized carbons (Fsp3) is 0.821. The van der Waals surface area contributed by atoms with E-state index in [2.05, 4.69) is 69.4 Å². The van der Waals surface area contributed by atoms with Crippen molar-refractivity contribution in [1.82, 2.24) is 0 Å². The number of esters is 3. The van der Waals surface area contributed by atoms with E-state index in [0.717, 1.165) is 103 Å². The minimum atomic E-state index is -1.91. The molecule has 6 unspecified atom stereocenters. The summed E-state index contributed by atoms with van der Waals surface area (Å²) in [5.74, 6) is -3.12. The number of rotatable bonds is 56. The lowest BCUT2D eigenvalue weighted by Crippen LogP contribution is -2.61. The first kappa shape index (κ1) is 73.7. The molecule has 458 valence electrons. The number of hydrogen-bond donors (Lipinski definition) is 3. The quantitative estimate of drug-likeness (QED) is 0.0228. The highest BCUT2D eigenvalue weighted by Crippen LogP contribution is 2.27.